The van der Waals surface area contributed by atoms with E-state index in [1.54, 1.807) is 7.11 Å². The summed E-state index contributed by atoms with van der Waals surface area (Å²) in [6.07, 6.45) is 7.22. The van der Waals surface area contributed by atoms with Gasteiger partial charge in [-0.25, -0.2) is 0 Å². The summed E-state index contributed by atoms with van der Waals surface area (Å²) in [5.41, 5.74) is 1.25. The fourth-order valence-electron chi connectivity index (χ4n) is 3.56. The Kier molecular flexibility index (Phi) is 4.98. The van der Waals surface area contributed by atoms with Crippen molar-refractivity contribution >= 4 is 5.91 Å². The van der Waals surface area contributed by atoms with Crippen molar-refractivity contribution in [3.05, 3.63) is 29.8 Å². The number of carbonyl (C=O) groups is 1. The van der Waals surface area contributed by atoms with E-state index in [9.17, 15) is 4.79 Å². The first kappa shape index (κ1) is 15.3. The van der Waals surface area contributed by atoms with Crippen LogP contribution in [0.2, 0.25) is 0 Å². The number of nitrogens with zero attached hydrogens (tertiary/aromatic N) is 1. The Morgan fingerprint density at radius 1 is 1.27 bits per heavy atom. The Bertz CT molecular complexity index is 512. The van der Waals surface area contributed by atoms with Crippen LogP contribution < -0.4 is 10.1 Å². The number of carbonyl (C=O) groups excluding carboxylic acids is 1. The maximum Gasteiger partial charge on any atom is 0.234 e. The van der Waals surface area contributed by atoms with E-state index in [4.69, 9.17) is 4.74 Å². The zero-order chi connectivity index (χ0) is 15.4. The van der Waals surface area contributed by atoms with Crippen molar-refractivity contribution in [2.24, 2.45) is 0 Å². The highest BCUT2D eigenvalue weighted by atomic mass is 16.5. The van der Waals surface area contributed by atoms with Gasteiger partial charge in [0.2, 0.25) is 5.91 Å². The van der Waals surface area contributed by atoms with Gasteiger partial charge in [-0.2, -0.15) is 0 Å². The average Bonchev–Trinajstić information content (AvgIpc) is 2.53. The van der Waals surface area contributed by atoms with Gasteiger partial charge in [-0.15, -0.1) is 0 Å². The Morgan fingerprint density at radius 2 is 2.09 bits per heavy atom. The molecule has 1 atom stereocenters. The first-order chi connectivity index (χ1) is 10.8. The van der Waals surface area contributed by atoms with Gasteiger partial charge in [-0.3, -0.25) is 9.69 Å². The molecule has 1 aromatic rings. The molecule has 1 aliphatic carbocycles. The van der Waals surface area contributed by atoms with E-state index in [1.807, 2.05) is 12.1 Å². The zero-order valence-corrected chi connectivity index (χ0v) is 13.4. The lowest BCUT2D eigenvalue weighted by Gasteiger charge is -2.41. The summed E-state index contributed by atoms with van der Waals surface area (Å²) in [5.74, 6) is 1.07. The molecule has 3 rings (SSSR count). The smallest absolute Gasteiger partial charge is 0.234 e. The fourth-order valence-corrected chi connectivity index (χ4v) is 3.56. The second-order valence-electron chi connectivity index (χ2n) is 6.45. The molecule has 1 aromatic carbocycles. The van der Waals surface area contributed by atoms with Gasteiger partial charge in [-0.1, -0.05) is 31.4 Å². The summed E-state index contributed by atoms with van der Waals surface area (Å²) >= 11 is 0. The molecule has 4 nitrogen and oxygen atoms in total. The van der Waals surface area contributed by atoms with Crippen LogP contribution in [0.25, 0.3) is 0 Å². The minimum atomic E-state index is 0.180. The summed E-state index contributed by atoms with van der Waals surface area (Å²) < 4.78 is 5.29. The van der Waals surface area contributed by atoms with Crippen molar-refractivity contribution < 1.29 is 9.53 Å². The second kappa shape index (κ2) is 7.14. The number of hydrogen-bond acceptors (Lipinski definition) is 3. The monoisotopic (exact) mass is 302 g/mol. The third-order valence-corrected chi connectivity index (χ3v) is 4.93. The van der Waals surface area contributed by atoms with E-state index in [0.29, 0.717) is 18.6 Å². The predicted molar refractivity (Wildman–Crippen MR) is 86.9 cm³/mol. The van der Waals surface area contributed by atoms with Gasteiger partial charge in [0.15, 0.2) is 0 Å². The van der Waals surface area contributed by atoms with Crippen LogP contribution in [0.3, 0.4) is 0 Å². The molecule has 1 heterocycles. The molecule has 0 aromatic heterocycles. The SMILES string of the molecule is COc1cccc([C@H]2CCN2CC(=O)NC2CCCCC2)c1. The van der Waals surface area contributed by atoms with Crippen LogP contribution in [0.15, 0.2) is 24.3 Å². The molecule has 0 bridgehead atoms. The van der Waals surface area contributed by atoms with Crippen molar-refractivity contribution in [1.29, 1.82) is 0 Å². The van der Waals surface area contributed by atoms with Crippen LogP contribution in [-0.2, 0) is 4.79 Å². The highest BCUT2D eigenvalue weighted by molar-refractivity contribution is 5.78. The summed E-state index contributed by atoms with van der Waals surface area (Å²) in [6, 6.07) is 8.94. The van der Waals surface area contributed by atoms with Crippen LogP contribution in [0, 0.1) is 0 Å². The van der Waals surface area contributed by atoms with E-state index in [-0.39, 0.29) is 5.91 Å². The van der Waals surface area contributed by atoms with Gasteiger partial charge >= 0.3 is 0 Å². The molecule has 0 radical (unpaired) electrons. The lowest BCUT2D eigenvalue weighted by atomic mass is 9.94. The Labute approximate surface area is 132 Å². The summed E-state index contributed by atoms with van der Waals surface area (Å²) in [6.45, 7) is 1.51. The topological polar surface area (TPSA) is 41.6 Å². The molecule has 1 saturated heterocycles. The molecular weight excluding hydrogens is 276 g/mol. The largest absolute Gasteiger partial charge is 0.497 e. The van der Waals surface area contributed by atoms with E-state index in [1.165, 1.54) is 24.8 Å². The molecular formula is C18H26N2O2. The average molecular weight is 302 g/mol. The minimum Gasteiger partial charge on any atom is -0.497 e. The molecule has 2 aliphatic rings. The number of rotatable bonds is 5. The summed E-state index contributed by atoms with van der Waals surface area (Å²) in [5, 5.41) is 3.21. The lowest BCUT2D eigenvalue weighted by molar-refractivity contribution is -0.125. The van der Waals surface area contributed by atoms with Crippen LogP contribution >= 0.6 is 0 Å². The minimum absolute atomic E-state index is 0.180. The standard InChI is InChI=1S/C18H26N2O2/c1-22-16-9-5-6-14(12-16)17-10-11-20(17)13-18(21)19-15-7-3-2-4-8-15/h5-6,9,12,15,17H,2-4,7-8,10-11,13H2,1H3,(H,19,21)/t17-/m1/s1. The maximum absolute atomic E-state index is 12.2. The van der Waals surface area contributed by atoms with Gasteiger partial charge in [0, 0.05) is 18.6 Å². The third-order valence-electron chi connectivity index (χ3n) is 4.93. The normalized spacial score (nSPS) is 22.9. The van der Waals surface area contributed by atoms with Gasteiger partial charge in [0.05, 0.1) is 13.7 Å². The first-order valence-electron chi connectivity index (χ1n) is 8.43. The highest BCUT2D eigenvalue weighted by Gasteiger charge is 2.31. The number of hydrogen-bond donors (Lipinski definition) is 1. The molecule has 4 heteroatoms. The van der Waals surface area contributed by atoms with E-state index in [2.05, 4.69) is 22.3 Å². The molecule has 1 amide bonds. The number of methoxy groups -OCH3 is 1. The summed E-state index contributed by atoms with van der Waals surface area (Å²) in [4.78, 5) is 14.5. The fraction of sp³-hybridized carbons (Fsp3) is 0.611. The number of likely N-dealkylation sites (tertiary alicyclic amines) is 1. The number of amides is 1. The molecule has 0 spiro atoms. The van der Waals surface area contributed by atoms with Crippen molar-refractivity contribution in [3.63, 3.8) is 0 Å². The quantitative estimate of drug-likeness (QED) is 0.909. The molecule has 1 aliphatic heterocycles. The molecule has 120 valence electrons. The van der Waals surface area contributed by atoms with E-state index in [0.717, 1.165) is 31.6 Å². The van der Waals surface area contributed by atoms with Crippen molar-refractivity contribution in [1.82, 2.24) is 10.2 Å². The van der Waals surface area contributed by atoms with Gasteiger partial charge in [-0.05, 0) is 37.0 Å². The van der Waals surface area contributed by atoms with E-state index < -0.39 is 0 Å². The Balaban J connectivity index is 1.53. The predicted octanol–water partition coefficient (Wildman–Crippen LogP) is 2.89. The first-order valence-corrected chi connectivity index (χ1v) is 8.43. The Morgan fingerprint density at radius 3 is 2.77 bits per heavy atom. The molecule has 22 heavy (non-hydrogen) atoms. The van der Waals surface area contributed by atoms with Crippen LogP contribution in [0.1, 0.15) is 50.1 Å². The number of benzene rings is 1. The van der Waals surface area contributed by atoms with Crippen LogP contribution in [0.5, 0.6) is 5.75 Å². The van der Waals surface area contributed by atoms with Crippen molar-refractivity contribution in [2.45, 2.75) is 50.6 Å². The molecule has 2 fully saturated rings. The molecule has 1 N–H and O–H groups in total. The third kappa shape index (κ3) is 3.61. The van der Waals surface area contributed by atoms with Crippen LogP contribution in [0.4, 0.5) is 0 Å². The van der Waals surface area contributed by atoms with Crippen molar-refractivity contribution in [2.75, 3.05) is 20.2 Å². The van der Waals surface area contributed by atoms with Gasteiger partial charge in [0.25, 0.3) is 0 Å². The van der Waals surface area contributed by atoms with Crippen LogP contribution in [-0.4, -0.2) is 37.0 Å². The van der Waals surface area contributed by atoms with E-state index >= 15 is 0 Å². The maximum atomic E-state index is 12.2. The second-order valence-corrected chi connectivity index (χ2v) is 6.45. The molecule has 0 unspecified atom stereocenters. The van der Waals surface area contributed by atoms with Gasteiger partial charge in [0.1, 0.15) is 5.75 Å². The van der Waals surface area contributed by atoms with Gasteiger partial charge < -0.3 is 10.1 Å². The highest BCUT2D eigenvalue weighted by Crippen LogP contribution is 2.34. The zero-order valence-electron chi connectivity index (χ0n) is 13.4. The number of ether oxygens (including phenoxy) is 1. The number of nitrogens with one attached hydrogen (secondary N) is 1. The lowest BCUT2D eigenvalue weighted by Crippen LogP contribution is -2.48. The Hall–Kier alpha value is -1.55. The molecule has 1 saturated carbocycles. The van der Waals surface area contributed by atoms with Crippen molar-refractivity contribution in [3.8, 4) is 5.75 Å². The summed E-state index contributed by atoms with van der Waals surface area (Å²) in [7, 11) is 1.69.